The third-order valence-corrected chi connectivity index (χ3v) is 4.80. The largest absolute Gasteiger partial charge is 0.493 e. The average molecular weight is 427 g/mol. The Bertz CT molecular complexity index is 1090. The molecule has 0 aliphatic carbocycles. The molecule has 1 heterocycles. The van der Waals surface area contributed by atoms with E-state index >= 15 is 0 Å². The van der Waals surface area contributed by atoms with Crippen LogP contribution in [0.4, 0.5) is 5.88 Å². The molecule has 1 unspecified atom stereocenters. The maximum atomic E-state index is 13.0. The van der Waals surface area contributed by atoms with Gasteiger partial charge < -0.3 is 19.1 Å². The van der Waals surface area contributed by atoms with Gasteiger partial charge in [0.05, 0.1) is 32.4 Å². The molecule has 0 aliphatic heterocycles. The molecule has 1 amide bonds. The number of halogens is 1. The molecule has 0 aliphatic rings. The summed E-state index contributed by atoms with van der Waals surface area (Å²) in [6, 6.07) is 11.4. The standard InChI is InChI=1S/C22H19ClN2O5/c1-4-11-22(27,15-6-8-16(23)9-7-15)21(26)25-20-17(13-24-30-20)14-5-10-18(28-2)19(12-14)29-3/h1,5-10,12-13,27H,11H2,2-3H3,(H,25,26). The number of rotatable bonds is 7. The average Bonchev–Trinajstić information content (AvgIpc) is 3.21. The minimum Gasteiger partial charge on any atom is -0.493 e. The molecule has 0 saturated heterocycles. The van der Waals surface area contributed by atoms with Crippen LogP contribution in [0, 0.1) is 12.3 Å². The summed E-state index contributed by atoms with van der Waals surface area (Å²) in [5, 5.41) is 17.9. The van der Waals surface area contributed by atoms with Crippen molar-refractivity contribution in [3.05, 3.63) is 59.2 Å². The number of benzene rings is 2. The molecule has 3 rings (SSSR count). The van der Waals surface area contributed by atoms with E-state index in [-0.39, 0.29) is 12.3 Å². The van der Waals surface area contributed by atoms with Gasteiger partial charge in [-0.15, -0.1) is 12.3 Å². The molecule has 0 spiro atoms. The number of anilines is 1. The SMILES string of the molecule is C#CCC(O)(C(=O)Nc1oncc1-c1ccc(OC)c(OC)c1)c1ccc(Cl)cc1. The molecule has 7 nitrogen and oxygen atoms in total. The van der Waals surface area contributed by atoms with Crippen molar-refractivity contribution in [1.29, 1.82) is 0 Å². The number of amides is 1. The second-order valence-corrected chi connectivity index (χ2v) is 6.78. The molecule has 3 aromatic rings. The van der Waals surface area contributed by atoms with Crippen molar-refractivity contribution in [3.63, 3.8) is 0 Å². The first-order valence-corrected chi connectivity index (χ1v) is 9.21. The number of hydrogen-bond donors (Lipinski definition) is 2. The van der Waals surface area contributed by atoms with Crippen LogP contribution in [0.5, 0.6) is 11.5 Å². The lowest BCUT2D eigenvalue weighted by atomic mass is 9.89. The van der Waals surface area contributed by atoms with Gasteiger partial charge in [0.2, 0.25) is 5.88 Å². The molecule has 0 radical (unpaired) electrons. The van der Waals surface area contributed by atoms with E-state index in [1.807, 2.05) is 0 Å². The Morgan fingerprint density at radius 2 is 1.93 bits per heavy atom. The molecule has 0 fully saturated rings. The Labute approximate surface area is 178 Å². The number of aromatic nitrogens is 1. The Kier molecular flexibility index (Phi) is 6.31. The predicted molar refractivity (Wildman–Crippen MR) is 112 cm³/mol. The van der Waals surface area contributed by atoms with Crippen LogP contribution < -0.4 is 14.8 Å². The normalized spacial score (nSPS) is 12.5. The van der Waals surface area contributed by atoms with Gasteiger partial charge in [0.25, 0.3) is 5.91 Å². The van der Waals surface area contributed by atoms with E-state index in [2.05, 4.69) is 16.4 Å². The van der Waals surface area contributed by atoms with Crippen molar-refractivity contribution in [3.8, 4) is 35.0 Å². The van der Waals surface area contributed by atoms with Gasteiger partial charge in [-0.2, -0.15) is 0 Å². The summed E-state index contributed by atoms with van der Waals surface area (Å²) in [6.45, 7) is 0. The van der Waals surface area contributed by atoms with Crippen LogP contribution in [0.2, 0.25) is 5.02 Å². The molecule has 1 atom stereocenters. The second-order valence-electron chi connectivity index (χ2n) is 6.34. The number of nitrogens with one attached hydrogen (secondary N) is 1. The monoisotopic (exact) mass is 426 g/mol. The number of carbonyl (C=O) groups is 1. The summed E-state index contributed by atoms with van der Waals surface area (Å²) in [5.74, 6) is 2.67. The van der Waals surface area contributed by atoms with E-state index in [1.165, 1.54) is 32.5 Å². The van der Waals surface area contributed by atoms with Gasteiger partial charge >= 0.3 is 0 Å². The van der Waals surface area contributed by atoms with E-state index in [4.69, 9.17) is 32.0 Å². The highest BCUT2D eigenvalue weighted by molar-refractivity contribution is 6.30. The summed E-state index contributed by atoms with van der Waals surface area (Å²) in [4.78, 5) is 13.0. The zero-order chi connectivity index (χ0) is 21.7. The van der Waals surface area contributed by atoms with Crippen molar-refractivity contribution >= 4 is 23.4 Å². The van der Waals surface area contributed by atoms with Crippen molar-refractivity contribution in [1.82, 2.24) is 5.16 Å². The van der Waals surface area contributed by atoms with Crippen molar-refractivity contribution < 1.29 is 23.9 Å². The lowest BCUT2D eigenvalue weighted by Crippen LogP contribution is -2.40. The minimum absolute atomic E-state index is 0.0524. The van der Waals surface area contributed by atoms with Gasteiger partial charge in [0, 0.05) is 5.02 Å². The molecule has 0 saturated carbocycles. The highest BCUT2D eigenvalue weighted by atomic mass is 35.5. The molecule has 8 heteroatoms. The maximum absolute atomic E-state index is 13.0. The quantitative estimate of drug-likeness (QED) is 0.557. The van der Waals surface area contributed by atoms with Crippen LogP contribution in [0.15, 0.2) is 53.2 Å². The molecular weight excluding hydrogens is 408 g/mol. The molecule has 30 heavy (non-hydrogen) atoms. The van der Waals surface area contributed by atoms with Gasteiger partial charge in [-0.1, -0.05) is 35.0 Å². The first-order valence-electron chi connectivity index (χ1n) is 8.83. The Morgan fingerprint density at radius 1 is 1.23 bits per heavy atom. The smallest absolute Gasteiger partial charge is 0.264 e. The van der Waals surface area contributed by atoms with Crippen LogP contribution in [0.3, 0.4) is 0 Å². The molecule has 154 valence electrons. The lowest BCUT2D eigenvalue weighted by Gasteiger charge is -2.25. The maximum Gasteiger partial charge on any atom is 0.264 e. The summed E-state index contributed by atoms with van der Waals surface area (Å²) in [7, 11) is 3.05. The summed E-state index contributed by atoms with van der Waals surface area (Å²) in [6.07, 6.45) is 6.59. The Hall–Kier alpha value is -3.47. The second kappa shape index (κ2) is 8.91. The highest BCUT2D eigenvalue weighted by Crippen LogP contribution is 2.36. The summed E-state index contributed by atoms with van der Waals surface area (Å²) < 4.78 is 15.8. The minimum atomic E-state index is -1.99. The Balaban J connectivity index is 1.93. The van der Waals surface area contributed by atoms with Crippen molar-refractivity contribution in [2.24, 2.45) is 0 Å². The fraction of sp³-hybridized carbons (Fsp3) is 0.182. The van der Waals surface area contributed by atoms with Crippen LogP contribution in [-0.2, 0) is 10.4 Å². The highest BCUT2D eigenvalue weighted by Gasteiger charge is 2.38. The van der Waals surface area contributed by atoms with Gasteiger partial charge in [-0.3, -0.25) is 10.1 Å². The number of aliphatic hydroxyl groups is 1. The number of terminal acetylenes is 1. The van der Waals surface area contributed by atoms with Gasteiger partial charge in [-0.25, -0.2) is 0 Å². The van der Waals surface area contributed by atoms with Crippen molar-refractivity contribution in [2.45, 2.75) is 12.0 Å². The number of methoxy groups -OCH3 is 2. The number of ether oxygens (including phenoxy) is 2. The van der Waals surface area contributed by atoms with Crippen LogP contribution in [-0.4, -0.2) is 30.4 Å². The molecule has 1 aromatic heterocycles. The van der Waals surface area contributed by atoms with E-state index in [9.17, 15) is 9.90 Å². The first kappa shape index (κ1) is 21.2. The topological polar surface area (TPSA) is 93.8 Å². The number of carbonyl (C=O) groups excluding carboxylic acids is 1. The van der Waals surface area contributed by atoms with Crippen LogP contribution in [0.1, 0.15) is 12.0 Å². The third-order valence-electron chi connectivity index (χ3n) is 4.55. The summed E-state index contributed by atoms with van der Waals surface area (Å²) in [5.41, 5.74) is -0.532. The van der Waals surface area contributed by atoms with Gasteiger partial charge in [-0.05, 0) is 35.4 Å². The van der Waals surface area contributed by atoms with E-state index in [0.717, 1.165) is 0 Å². The first-order chi connectivity index (χ1) is 14.4. The fourth-order valence-electron chi connectivity index (χ4n) is 2.93. The predicted octanol–water partition coefficient (Wildman–Crippen LogP) is 3.86. The zero-order valence-corrected chi connectivity index (χ0v) is 17.1. The Morgan fingerprint density at radius 3 is 2.57 bits per heavy atom. The number of hydrogen-bond acceptors (Lipinski definition) is 6. The van der Waals surface area contributed by atoms with E-state index in [0.29, 0.717) is 33.2 Å². The van der Waals surface area contributed by atoms with E-state index in [1.54, 1.807) is 30.3 Å². The zero-order valence-electron chi connectivity index (χ0n) is 16.3. The van der Waals surface area contributed by atoms with Crippen molar-refractivity contribution in [2.75, 3.05) is 19.5 Å². The van der Waals surface area contributed by atoms with E-state index < -0.39 is 11.5 Å². The van der Waals surface area contributed by atoms with Gasteiger partial charge in [0.15, 0.2) is 17.1 Å². The molecule has 2 N–H and O–H groups in total. The lowest BCUT2D eigenvalue weighted by molar-refractivity contribution is -0.134. The number of nitrogens with zero attached hydrogens (tertiary/aromatic N) is 1. The molecular formula is C22H19ClN2O5. The summed E-state index contributed by atoms with van der Waals surface area (Å²) >= 11 is 5.90. The molecule has 2 aromatic carbocycles. The third kappa shape index (κ3) is 4.10. The van der Waals surface area contributed by atoms with Gasteiger partial charge in [0.1, 0.15) is 0 Å². The fourth-order valence-corrected chi connectivity index (χ4v) is 3.06. The van der Waals surface area contributed by atoms with Crippen LogP contribution >= 0.6 is 11.6 Å². The molecule has 0 bridgehead atoms. The van der Waals surface area contributed by atoms with Crippen LogP contribution in [0.25, 0.3) is 11.1 Å².